The maximum atomic E-state index is 5.60. The lowest BCUT2D eigenvalue weighted by Crippen LogP contribution is -2.30. The Morgan fingerprint density at radius 2 is 2.39 bits per heavy atom. The molecule has 0 fully saturated rings. The Morgan fingerprint density at radius 3 is 3.00 bits per heavy atom. The van der Waals surface area contributed by atoms with Crippen molar-refractivity contribution in [3.8, 4) is 5.75 Å². The molecule has 0 amide bonds. The summed E-state index contributed by atoms with van der Waals surface area (Å²) in [6.07, 6.45) is 5.86. The highest BCUT2D eigenvalue weighted by atomic mass is 16.5. The van der Waals surface area contributed by atoms with Gasteiger partial charge < -0.3 is 4.74 Å². The molecule has 0 saturated heterocycles. The third kappa shape index (κ3) is 2.63. The maximum Gasteiger partial charge on any atom is 0.141 e. The molecule has 2 aromatic rings. The Kier molecular flexibility index (Phi) is 3.85. The zero-order chi connectivity index (χ0) is 13.0. The molecule has 96 valence electrons. The topological polar surface area (TPSA) is 90.9 Å². The molecule has 0 aromatic carbocycles. The predicted molar refractivity (Wildman–Crippen MR) is 65.6 cm³/mol. The summed E-state index contributed by atoms with van der Waals surface area (Å²) < 4.78 is 6.93. The van der Waals surface area contributed by atoms with Gasteiger partial charge in [0.15, 0.2) is 0 Å². The van der Waals surface area contributed by atoms with Crippen LogP contribution < -0.4 is 16.0 Å². The van der Waals surface area contributed by atoms with Crippen LogP contribution in [-0.4, -0.2) is 27.1 Å². The quantitative estimate of drug-likeness (QED) is 0.570. The van der Waals surface area contributed by atoms with Crippen molar-refractivity contribution in [2.45, 2.75) is 12.5 Å². The molecule has 0 aliphatic heterocycles. The monoisotopic (exact) mass is 248 g/mol. The lowest BCUT2D eigenvalue weighted by Gasteiger charge is -2.17. The number of ether oxygens (including phenoxy) is 1. The van der Waals surface area contributed by atoms with Gasteiger partial charge in [0.1, 0.15) is 5.75 Å². The summed E-state index contributed by atoms with van der Waals surface area (Å²) in [5, 5.41) is 7.94. The second-order valence-electron chi connectivity index (χ2n) is 3.92. The first-order valence-electron chi connectivity index (χ1n) is 5.53. The van der Waals surface area contributed by atoms with Gasteiger partial charge in [0.25, 0.3) is 0 Å². The van der Waals surface area contributed by atoms with E-state index in [0.717, 1.165) is 11.3 Å². The molecular formula is C11H16N6O. The van der Waals surface area contributed by atoms with Crippen molar-refractivity contribution in [1.29, 1.82) is 0 Å². The van der Waals surface area contributed by atoms with Crippen molar-refractivity contribution in [2.24, 2.45) is 12.9 Å². The van der Waals surface area contributed by atoms with E-state index >= 15 is 0 Å². The largest absolute Gasteiger partial charge is 0.495 e. The van der Waals surface area contributed by atoms with E-state index in [1.54, 1.807) is 24.2 Å². The Balaban J connectivity index is 2.22. The van der Waals surface area contributed by atoms with Gasteiger partial charge in [0.2, 0.25) is 0 Å². The average Bonchev–Trinajstić information content (AvgIpc) is 2.81. The van der Waals surface area contributed by atoms with Crippen LogP contribution in [0.3, 0.4) is 0 Å². The Bertz CT molecular complexity index is 512. The number of nitrogens with zero attached hydrogens (tertiary/aromatic N) is 4. The fourth-order valence-electron chi connectivity index (χ4n) is 1.81. The van der Waals surface area contributed by atoms with E-state index in [1.807, 2.05) is 19.3 Å². The highest BCUT2D eigenvalue weighted by Gasteiger charge is 2.16. The van der Waals surface area contributed by atoms with Gasteiger partial charge in [-0.3, -0.25) is 20.9 Å². The summed E-state index contributed by atoms with van der Waals surface area (Å²) >= 11 is 0. The highest BCUT2D eigenvalue weighted by molar-refractivity contribution is 5.33. The summed E-state index contributed by atoms with van der Waals surface area (Å²) in [7, 11) is 3.44. The molecule has 2 heterocycles. The second-order valence-corrected chi connectivity index (χ2v) is 3.92. The van der Waals surface area contributed by atoms with Gasteiger partial charge in [0.05, 0.1) is 25.0 Å². The van der Waals surface area contributed by atoms with Gasteiger partial charge in [-0.1, -0.05) is 5.21 Å². The molecule has 2 aromatic heterocycles. The summed E-state index contributed by atoms with van der Waals surface area (Å²) in [6, 6.07) is 1.78. The predicted octanol–water partition coefficient (Wildman–Crippen LogP) is -0.0342. The van der Waals surface area contributed by atoms with Gasteiger partial charge in [-0.05, 0) is 6.07 Å². The zero-order valence-corrected chi connectivity index (χ0v) is 10.4. The number of rotatable bonds is 5. The molecule has 18 heavy (non-hydrogen) atoms. The van der Waals surface area contributed by atoms with E-state index < -0.39 is 0 Å². The number of methoxy groups -OCH3 is 1. The van der Waals surface area contributed by atoms with E-state index in [-0.39, 0.29) is 6.04 Å². The number of aromatic nitrogens is 4. The fourth-order valence-corrected chi connectivity index (χ4v) is 1.81. The Hall–Kier alpha value is -1.99. The minimum absolute atomic E-state index is 0.0975. The SMILES string of the molecule is COc1cnccc1C(Cc1cn(C)nn1)NN. The number of nitrogens with two attached hydrogens (primary N) is 1. The van der Waals surface area contributed by atoms with Gasteiger partial charge in [-0.2, -0.15) is 0 Å². The minimum atomic E-state index is -0.0975. The fraction of sp³-hybridized carbons (Fsp3) is 0.364. The number of nitrogens with one attached hydrogen (secondary N) is 1. The molecule has 7 heteroatoms. The van der Waals surface area contributed by atoms with Crippen LogP contribution in [0.25, 0.3) is 0 Å². The van der Waals surface area contributed by atoms with Crippen LogP contribution in [0.4, 0.5) is 0 Å². The lowest BCUT2D eigenvalue weighted by atomic mass is 10.0. The van der Waals surface area contributed by atoms with E-state index in [2.05, 4.69) is 20.7 Å². The van der Waals surface area contributed by atoms with Crippen molar-refractivity contribution in [2.75, 3.05) is 7.11 Å². The number of pyridine rings is 1. The van der Waals surface area contributed by atoms with Crippen molar-refractivity contribution in [3.05, 3.63) is 35.9 Å². The molecule has 0 bridgehead atoms. The minimum Gasteiger partial charge on any atom is -0.495 e. The Morgan fingerprint density at radius 1 is 1.56 bits per heavy atom. The maximum absolute atomic E-state index is 5.60. The molecule has 7 nitrogen and oxygen atoms in total. The van der Waals surface area contributed by atoms with Crippen molar-refractivity contribution < 1.29 is 4.74 Å². The van der Waals surface area contributed by atoms with Crippen LogP contribution >= 0.6 is 0 Å². The summed E-state index contributed by atoms with van der Waals surface area (Å²) in [6.45, 7) is 0. The third-order valence-electron chi connectivity index (χ3n) is 2.68. The van der Waals surface area contributed by atoms with Crippen LogP contribution in [0.2, 0.25) is 0 Å². The molecule has 0 aliphatic carbocycles. The van der Waals surface area contributed by atoms with Crippen LogP contribution in [0.1, 0.15) is 17.3 Å². The molecule has 1 unspecified atom stereocenters. The summed E-state index contributed by atoms with van der Waals surface area (Å²) in [4.78, 5) is 4.02. The van der Waals surface area contributed by atoms with Crippen LogP contribution in [-0.2, 0) is 13.5 Å². The van der Waals surface area contributed by atoms with E-state index in [4.69, 9.17) is 10.6 Å². The lowest BCUT2D eigenvalue weighted by molar-refractivity contribution is 0.396. The number of hydrogen-bond donors (Lipinski definition) is 2. The molecule has 2 rings (SSSR count). The second kappa shape index (κ2) is 5.56. The highest BCUT2D eigenvalue weighted by Crippen LogP contribution is 2.25. The molecule has 0 saturated carbocycles. The van der Waals surface area contributed by atoms with E-state index in [9.17, 15) is 0 Å². The first-order valence-corrected chi connectivity index (χ1v) is 5.53. The smallest absolute Gasteiger partial charge is 0.141 e. The molecule has 0 radical (unpaired) electrons. The molecule has 3 N–H and O–H groups in total. The van der Waals surface area contributed by atoms with Gasteiger partial charge >= 0.3 is 0 Å². The van der Waals surface area contributed by atoms with Crippen molar-refractivity contribution in [3.63, 3.8) is 0 Å². The normalized spacial score (nSPS) is 12.4. The van der Waals surface area contributed by atoms with Crippen molar-refractivity contribution >= 4 is 0 Å². The number of hydrazine groups is 1. The van der Waals surface area contributed by atoms with Gasteiger partial charge in [-0.15, -0.1) is 5.10 Å². The van der Waals surface area contributed by atoms with Crippen LogP contribution in [0, 0.1) is 0 Å². The van der Waals surface area contributed by atoms with Crippen molar-refractivity contribution in [1.82, 2.24) is 25.4 Å². The number of hydrogen-bond acceptors (Lipinski definition) is 6. The van der Waals surface area contributed by atoms with Gasteiger partial charge in [-0.25, -0.2) is 0 Å². The molecule has 1 atom stereocenters. The van der Waals surface area contributed by atoms with Crippen LogP contribution in [0.15, 0.2) is 24.7 Å². The molecule has 0 spiro atoms. The van der Waals surface area contributed by atoms with E-state index in [0.29, 0.717) is 12.2 Å². The third-order valence-corrected chi connectivity index (χ3v) is 2.68. The molecular weight excluding hydrogens is 232 g/mol. The summed E-state index contributed by atoms with van der Waals surface area (Å²) in [5.74, 6) is 6.30. The average molecular weight is 248 g/mol. The van der Waals surface area contributed by atoms with Crippen LogP contribution in [0.5, 0.6) is 5.75 Å². The number of aryl methyl sites for hydroxylation is 1. The zero-order valence-electron chi connectivity index (χ0n) is 10.4. The van der Waals surface area contributed by atoms with E-state index in [1.165, 1.54) is 0 Å². The standard InChI is InChI=1S/C11H16N6O/c1-17-7-8(15-16-17)5-10(14-12)9-3-4-13-6-11(9)18-2/h3-4,6-7,10,14H,5,12H2,1-2H3. The molecule has 0 aliphatic rings. The first kappa shape index (κ1) is 12.5. The Labute approximate surface area is 105 Å². The van der Waals surface area contributed by atoms with Gasteiger partial charge in [0, 0.05) is 31.4 Å². The first-order chi connectivity index (χ1) is 8.74. The summed E-state index contributed by atoms with van der Waals surface area (Å²) in [5.41, 5.74) is 4.57.